The van der Waals surface area contributed by atoms with E-state index in [1.807, 2.05) is 0 Å². The number of unbranched alkanes of at least 4 members (excludes halogenated alkanes) is 8. The molecule has 6 nitrogen and oxygen atoms in total. The Bertz CT molecular complexity index is 275. The molecule has 0 radical (unpaired) electrons. The van der Waals surface area contributed by atoms with Crippen molar-refractivity contribution >= 4 is 12.2 Å². The van der Waals surface area contributed by atoms with E-state index in [2.05, 4.69) is 5.32 Å². The van der Waals surface area contributed by atoms with E-state index < -0.39 is 0 Å². The third kappa shape index (κ3) is 19.0. The monoisotopic (exact) mass is 330 g/mol. The van der Waals surface area contributed by atoms with Gasteiger partial charge >= 0.3 is 0 Å². The summed E-state index contributed by atoms with van der Waals surface area (Å²) < 4.78 is 10.3. The van der Waals surface area contributed by atoms with Crippen molar-refractivity contribution in [1.29, 1.82) is 0 Å². The number of ether oxygens (including phenoxy) is 2. The summed E-state index contributed by atoms with van der Waals surface area (Å²) in [7, 11) is 0. The van der Waals surface area contributed by atoms with Gasteiger partial charge < -0.3 is 25.3 Å². The lowest BCUT2D eigenvalue weighted by molar-refractivity contribution is -0.126. The second kappa shape index (κ2) is 19.1. The zero-order valence-electron chi connectivity index (χ0n) is 14.4. The average Bonchev–Trinajstić information content (AvgIpc) is 2.56. The first-order valence-corrected chi connectivity index (χ1v) is 8.87. The molecule has 0 aliphatic carbocycles. The smallest absolute Gasteiger partial charge is 0.245 e. The minimum atomic E-state index is -0.0704. The van der Waals surface area contributed by atoms with Crippen molar-refractivity contribution in [2.45, 2.75) is 57.8 Å². The highest BCUT2D eigenvalue weighted by Gasteiger charge is 2.00. The van der Waals surface area contributed by atoms with Gasteiger partial charge in [0.05, 0.1) is 19.8 Å². The van der Waals surface area contributed by atoms with Crippen molar-refractivity contribution in [3.8, 4) is 0 Å². The lowest BCUT2D eigenvalue weighted by Crippen LogP contribution is -2.29. The van der Waals surface area contributed by atoms with Crippen LogP contribution in [0, 0.1) is 0 Å². The Kier molecular flexibility index (Phi) is 18.3. The minimum absolute atomic E-state index is 0.0704. The minimum Gasteiger partial charge on any atom is -0.378 e. The van der Waals surface area contributed by atoms with Crippen LogP contribution >= 0.6 is 0 Å². The molecule has 0 atom stereocenters. The third-order valence-electron chi connectivity index (χ3n) is 3.44. The van der Waals surface area contributed by atoms with Gasteiger partial charge in [0.25, 0.3) is 0 Å². The predicted molar refractivity (Wildman–Crippen MR) is 91.3 cm³/mol. The van der Waals surface area contributed by atoms with Crippen LogP contribution in [0.1, 0.15) is 57.8 Å². The fourth-order valence-corrected chi connectivity index (χ4v) is 2.16. The van der Waals surface area contributed by atoms with E-state index in [1.54, 1.807) is 0 Å². The fraction of sp³-hybridized carbons (Fsp3) is 0.882. The highest BCUT2D eigenvalue weighted by Crippen LogP contribution is 2.08. The molecule has 6 heteroatoms. The van der Waals surface area contributed by atoms with Gasteiger partial charge in [0.2, 0.25) is 5.91 Å². The molecule has 0 aromatic rings. The normalized spacial score (nSPS) is 10.7. The summed E-state index contributed by atoms with van der Waals surface area (Å²) in [5.74, 6) is -0.0704. The van der Waals surface area contributed by atoms with Gasteiger partial charge in [-0.05, 0) is 12.8 Å². The van der Waals surface area contributed by atoms with Crippen LogP contribution in [-0.2, 0) is 19.1 Å². The molecule has 0 heterocycles. The summed E-state index contributed by atoms with van der Waals surface area (Å²) in [6.45, 7) is 2.72. The van der Waals surface area contributed by atoms with E-state index in [1.165, 1.54) is 25.7 Å². The first-order chi connectivity index (χ1) is 11.3. The molecule has 0 aromatic heterocycles. The van der Waals surface area contributed by atoms with Crippen molar-refractivity contribution in [3.05, 3.63) is 0 Å². The number of rotatable bonds is 18. The van der Waals surface area contributed by atoms with E-state index in [9.17, 15) is 9.59 Å². The lowest BCUT2D eigenvalue weighted by Gasteiger charge is -2.07. The van der Waals surface area contributed by atoms with Gasteiger partial charge in [0, 0.05) is 19.5 Å². The van der Waals surface area contributed by atoms with Crippen molar-refractivity contribution in [3.63, 3.8) is 0 Å². The van der Waals surface area contributed by atoms with Gasteiger partial charge in [0.1, 0.15) is 12.9 Å². The van der Waals surface area contributed by atoms with Crippen LogP contribution in [0.3, 0.4) is 0 Å². The Morgan fingerprint density at radius 2 is 1.48 bits per heavy atom. The quantitative estimate of drug-likeness (QED) is 0.295. The van der Waals surface area contributed by atoms with Gasteiger partial charge in [-0.2, -0.15) is 0 Å². The summed E-state index contributed by atoms with van der Waals surface area (Å²) in [5.41, 5.74) is 5.28. The first-order valence-electron chi connectivity index (χ1n) is 8.87. The predicted octanol–water partition coefficient (Wildman–Crippen LogP) is 1.80. The lowest BCUT2D eigenvalue weighted by atomic mass is 10.1. The highest BCUT2D eigenvalue weighted by molar-refractivity contribution is 5.77. The van der Waals surface area contributed by atoms with Crippen LogP contribution < -0.4 is 11.1 Å². The van der Waals surface area contributed by atoms with Crippen LogP contribution in [0.4, 0.5) is 0 Å². The number of aldehydes is 1. The van der Waals surface area contributed by atoms with Gasteiger partial charge in [-0.3, -0.25) is 4.79 Å². The van der Waals surface area contributed by atoms with Gasteiger partial charge in [-0.15, -0.1) is 0 Å². The molecule has 0 rings (SSSR count). The Morgan fingerprint density at radius 3 is 2.13 bits per heavy atom. The van der Waals surface area contributed by atoms with E-state index in [0.29, 0.717) is 39.3 Å². The fourth-order valence-electron chi connectivity index (χ4n) is 2.16. The van der Waals surface area contributed by atoms with Crippen molar-refractivity contribution < 1.29 is 19.1 Å². The SMILES string of the molecule is NCCOCCOCC(=O)NCCCCCCCCCCC=O. The Morgan fingerprint density at radius 1 is 0.870 bits per heavy atom. The molecule has 23 heavy (non-hydrogen) atoms. The molecule has 0 unspecified atom stereocenters. The summed E-state index contributed by atoms with van der Waals surface area (Å²) in [4.78, 5) is 21.6. The van der Waals surface area contributed by atoms with Crippen molar-refractivity contribution in [1.82, 2.24) is 5.32 Å². The number of carbonyl (C=O) groups excluding carboxylic acids is 2. The molecule has 0 bridgehead atoms. The second-order valence-corrected chi connectivity index (χ2v) is 5.59. The summed E-state index contributed by atoms with van der Waals surface area (Å²) >= 11 is 0. The zero-order valence-corrected chi connectivity index (χ0v) is 14.4. The summed E-state index contributed by atoms with van der Waals surface area (Å²) in [5, 5.41) is 2.85. The molecule has 0 spiro atoms. The van der Waals surface area contributed by atoms with Gasteiger partial charge in [-0.25, -0.2) is 0 Å². The maximum absolute atomic E-state index is 11.5. The number of nitrogens with one attached hydrogen (secondary N) is 1. The van der Waals surface area contributed by atoms with Crippen LogP contribution in [0.15, 0.2) is 0 Å². The molecule has 3 N–H and O–H groups in total. The van der Waals surface area contributed by atoms with E-state index in [4.69, 9.17) is 15.2 Å². The van der Waals surface area contributed by atoms with E-state index >= 15 is 0 Å². The van der Waals surface area contributed by atoms with Crippen LogP contribution in [0.2, 0.25) is 0 Å². The number of amides is 1. The Labute approximate surface area is 140 Å². The van der Waals surface area contributed by atoms with Gasteiger partial charge in [0.15, 0.2) is 0 Å². The zero-order chi connectivity index (χ0) is 17.0. The standard InChI is InChI=1S/C17H34N2O4/c18-10-13-22-14-15-23-16-17(21)19-11-8-6-4-2-1-3-5-7-9-12-20/h12H,1-11,13-16,18H2,(H,19,21). The molecule has 1 amide bonds. The molecule has 0 fully saturated rings. The average molecular weight is 330 g/mol. The number of hydrogen-bond acceptors (Lipinski definition) is 5. The van der Waals surface area contributed by atoms with Gasteiger partial charge in [-0.1, -0.05) is 38.5 Å². The molecule has 136 valence electrons. The molecular formula is C17H34N2O4. The molecule has 0 saturated carbocycles. The largest absolute Gasteiger partial charge is 0.378 e. The summed E-state index contributed by atoms with van der Waals surface area (Å²) in [6, 6.07) is 0. The van der Waals surface area contributed by atoms with Crippen molar-refractivity contribution in [2.75, 3.05) is 39.5 Å². The van der Waals surface area contributed by atoms with Crippen LogP contribution in [-0.4, -0.2) is 51.7 Å². The molecule has 0 saturated heterocycles. The molecule has 0 aromatic carbocycles. The number of hydrogen-bond donors (Lipinski definition) is 2. The topological polar surface area (TPSA) is 90.7 Å². The maximum Gasteiger partial charge on any atom is 0.245 e. The molecule has 0 aliphatic heterocycles. The Balaban J connectivity index is 3.13. The number of carbonyl (C=O) groups is 2. The first kappa shape index (κ1) is 22.0. The van der Waals surface area contributed by atoms with E-state index in [-0.39, 0.29) is 12.5 Å². The van der Waals surface area contributed by atoms with Crippen molar-refractivity contribution in [2.24, 2.45) is 5.73 Å². The van der Waals surface area contributed by atoms with E-state index in [0.717, 1.165) is 32.0 Å². The van der Waals surface area contributed by atoms with Crippen LogP contribution in [0.5, 0.6) is 0 Å². The third-order valence-corrected chi connectivity index (χ3v) is 3.44. The maximum atomic E-state index is 11.5. The highest BCUT2D eigenvalue weighted by atomic mass is 16.5. The second-order valence-electron chi connectivity index (χ2n) is 5.59. The summed E-state index contributed by atoms with van der Waals surface area (Å²) in [6.07, 6.45) is 10.9. The molecule has 0 aliphatic rings. The van der Waals surface area contributed by atoms with Crippen LogP contribution in [0.25, 0.3) is 0 Å². The number of nitrogens with two attached hydrogens (primary N) is 1. The molecular weight excluding hydrogens is 296 g/mol. The Hall–Kier alpha value is -0.980.